The molecule has 0 spiro atoms. The number of rotatable bonds is 7. The number of carbonyl (C=O) groups excluding carboxylic acids is 2. The number of carbonyl (C=O) groups is 2. The number of allylic oxidation sites excluding steroid dienone is 1. The molecule has 0 saturated heterocycles. The fourth-order valence-corrected chi connectivity index (χ4v) is 3.89. The van der Waals surface area contributed by atoms with E-state index < -0.39 is 0 Å². The molecule has 130 valence electrons. The molecule has 2 aliphatic rings. The molecule has 0 N–H and O–H groups in total. The zero-order chi connectivity index (χ0) is 16.5. The lowest BCUT2D eigenvalue weighted by Crippen LogP contribution is -2.23. The molecule has 0 unspecified atom stereocenters. The largest absolute Gasteiger partial charge is 0.380 e. The lowest BCUT2D eigenvalue weighted by Gasteiger charge is -2.21. The first-order valence-corrected chi connectivity index (χ1v) is 9.62. The van der Waals surface area contributed by atoms with Crippen LogP contribution in [0.15, 0.2) is 12.3 Å². The van der Waals surface area contributed by atoms with Crippen molar-refractivity contribution in [2.24, 2.45) is 11.8 Å². The molecule has 23 heavy (non-hydrogen) atoms. The van der Waals surface area contributed by atoms with Crippen molar-refractivity contribution >= 4 is 11.6 Å². The minimum atomic E-state index is 0.228. The molecular weight excluding hydrogens is 286 g/mol. The van der Waals surface area contributed by atoms with E-state index in [1.807, 2.05) is 18.1 Å². The van der Waals surface area contributed by atoms with Crippen LogP contribution in [0, 0.1) is 11.8 Å². The standard InChI is InChI=1S/C20H33NO2/c1-21(16-14-20(23)18-11-7-4-8-12-18)15-13-19(22)17-9-5-2-3-6-10-17/h13,15,17-18H,2-12,14,16H2,1H3/b15-13+. The lowest BCUT2D eigenvalue weighted by atomic mass is 9.85. The highest BCUT2D eigenvalue weighted by atomic mass is 16.1. The zero-order valence-corrected chi connectivity index (χ0v) is 14.8. The van der Waals surface area contributed by atoms with E-state index in [-0.39, 0.29) is 11.7 Å². The molecule has 2 saturated carbocycles. The Labute approximate surface area is 141 Å². The average Bonchev–Trinajstić information content (AvgIpc) is 2.87. The second-order valence-corrected chi connectivity index (χ2v) is 7.44. The highest BCUT2D eigenvalue weighted by Crippen LogP contribution is 2.25. The highest BCUT2D eigenvalue weighted by molar-refractivity contribution is 5.91. The third-order valence-corrected chi connectivity index (χ3v) is 5.52. The van der Waals surface area contributed by atoms with Crippen molar-refractivity contribution in [3.05, 3.63) is 12.3 Å². The minimum Gasteiger partial charge on any atom is -0.380 e. The van der Waals surface area contributed by atoms with Crippen LogP contribution in [0.25, 0.3) is 0 Å². The summed E-state index contributed by atoms with van der Waals surface area (Å²) in [5.41, 5.74) is 0. The monoisotopic (exact) mass is 319 g/mol. The SMILES string of the molecule is CN(/C=C/C(=O)C1CCCCCC1)CCC(=O)C1CCCCC1. The predicted molar refractivity (Wildman–Crippen MR) is 94.2 cm³/mol. The Morgan fingerprint density at radius 1 is 0.870 bits per heavy atom. The van der Waals surface area contributed by atoms with Gasteiger partial charge in [-0.2, -0.15) is 0 Å². The molecule has 0 aliphatic heterocycles. The van der Waals surface area contributed by atoms with Gasteiger partial charge in [-0.1, -0.05) is 44.9 Å². The molecule has 3 nitrogen and oxygen atoms in total. The second kappa shape index (κ2) is 9.89. The van der Waals surface area contributed by atoms with Crippen LogP contribution in [0.4, 0.5) is 0 Å². The molecule has 0 radical (unpaired) electrons. The Morgan fingerprint density at radius 3 is 2.00 bits per heavy atom. The number of hydrogen-bond acceptors (Lipinski definition) is 3. The van der Waals surface area contributed by atoms with Crippen molar-refractivity contribution in [3.63, 3.8) is 0 Å². The van der Waals surface area contributed by atoms with E-state index >= 15 is 0 Å². The van der Waals surface area contributed by atoms with E-state index in [9.17, 15) is 9.59 Å². The maximum atomic E-state index is 12.3. The van der Waals surface area contributed by atoms with E-state index in [4.69, 9.17) is 0 Å². The summed E-state index contributed by atoms with van der Waals surface area (Å²) in [5.74, 6) is 1.22. The second-order valence-electron chi connectivity index (χ2n) is 7.44. The van der Waals surface area contributed by atoms with Gasteiger partial charge < -0.3 is 4.90 Å². The van der Waals surface area contributed by atoms with Crippen molar-refractivity contribution in [2.45, 2.75) is 77.0 Å². The van der Waals surface area contributed by atoms with Gasteiger partial charge in [-0.05, 0) is 31.8 Å². The molecule has 2 fully saturated rings. The molecule has 0 amide bonds. The molecule has 0 bridgehead atoms. The Kier molecular flexibility index (Phi) is 7.84. The van der Waals surface area contributed by atoms with Crippen LogP contribution < -0.4 is 0 Å². The molecule has 0 atom stereocenters. The van der Waals surface area contributed by atoms with Crippen molar-refractivity contribution in [3.8, 4) is 0 Å². The van der Waals surface area contributed by atoms with Crippen molar-refractivity contribution in [1.29, 1.82) is 0 Å². The molecule has 0 heterocycles. The molecule has 0 aromatic rings. The summed E-state index contributed by atoms with van der Waals surface area (Å²) in [6, 6.07) is 0. The third kappa shape index (κ3) is 6.48. The van der Waals surface area contributed by atoms with Gasteiger partial charge in [0, 0.05) is 38.0 Å². The molecular formula is C20H33NO2. The van der Waals surface area contributed by atoms with E-state index in [2.05, 4.69) is 0 Å². The number of hydrogen-bond donors (Lipinski definition) is 0. The van der Waals surface area contributed by atoms with Gasteiger partial charge in [0.1, 0.15) is 5.78 Å². The fourth-order valence-electron chi connectivity index (χ4n) is 3.89. The van der Waals surface area contributed by atoms with E-state index in [0.29, 0.717) is 18.1 Å². The summed E-state index contributed by atoms with van der Waals surface area (Å²) >= 11 is 0. The van der Waals surface area contributed by atoms with E-state index in [1.54, 1.807) is 6.08 Å². The smallest absolute Gasteiger partial charge is 0.160 e. The minimum absolute atomic E-state index is 0.228. The number of nitrogens with zero attached hydrogens (tertiary/aromatic N) is 1. The van der Waals surface area contributed by atoms with Gasteiger partial charge >= 0.3 is 0 Å². The number of Topliss-reactive ketones (excluding diaryl/α,β-unsaturated/α-hetero) is 1. The highest BCUT2D eigenvalue weighted by Gasteiger charge is 2.21. The zero-order valence-electron chi connectivity index (χ0n) is 14.8. The summed E-state index contributed by atoms with van der Waals surface area (Å²) in [6.45, 7) is 0.726. The van der Waals surface area contributed by atoms with E-state index in [0.717, 1.165) is 32.2 Å². The third-order valence-electron chi connectivity index (χ3n) is 5.52. The van der Waals surface area contributed by atoms with Gasteiger partial charge in [0.25, 0.3) is 0 Å². The van der Waals surface area contributed by atoms with Gasteiger partial charge in [0.15, 0.2) is 5.78 Å². The first-order chi connectivity index (χ1) is 11.2. The van der Waals surface area contributed by atoms with Gasteiger partial charge in [-0.25, -0.2) is 0 Å². The van der Waals surface area contributed by atoms with Crippen molar-refractivity contribution in [1.82, 2.24) is 4.90 Å². The van der Waals surface area contributed by atoms with Crippen LogP contribution in [-0.2, 0) is 9.59 Å². The first-order valence-electron chi connectivity index (χ1n) is 9.62. The van der Waals surface area contributed by atoms with E-state index in [1.165, 1.54) is 44.9 Å². The quantitative estimate of drug-likeness (QED) is 0.512. The summed E-state index contributed by atoms with van der Waals surface area (Å²) in [7, 11) is 1.96. The van der Waals surface area contributed by atoms with Crippen LogP contribution in [-0.4, -0.2) is 30.1 Å². The van der Waals surface area contributed by atoms with Crippen LogP contribution >= 0.6 is 0 Å². The Morgan fingerprint density at radius 2 is 1.39 bits per heavy atom. The van der Waals surface area contributed by atoms with Crippen molar-refractivity contribution in [2.75, 3.05) is 13.6 Å². The molecule has 2 aliphatic carbocycles. The summed E-state index contributed by atoms with van der Waals surface area (Å²) in [4.78, 5) is 26.5. The van der Waals surface area contributed by atoms with Crippen LogP contribution in [0.5, 0.6) is 0 Å². The van der Waals surface area contributed by atoms with Crippen LogP contribution in [0.1, 0.15) is 77.0 Å². The van der Waals surface area contributed by atoms with Crippen LogP contribution in [0.2, 0.25) is 0 Å². The van der Waals surface area contributed by atoms with Gasteiger partial charge in [-0.15, -0.1) is 0 Å². The lowest BCUT2D eigenvalue weighted by molar-refractivity contribution is -0.124. The predicted octanol–water partition coefficient (Wildman–Crippen LogP) is 4.51. The molecule has 3 heteroatoms. The number of ketones is 2. The normalized spacial score (nSPS) is 21.3. The summed E-state index contributed by atoms with van der Waals surface area (Å²) in [6.07, 6.45) is 17.1. The maximum Gasteiger partial charge on any atom is 0.160 e. The Bertz CT molecular complexity index is 402. The van der Waals surface area contributed by atoms with Gasteiger partial charge in [-0.3, -0.25) is 9.59 Å². The van der Waals surface area contributed by atoms with Crippen molar-refractivity contribution < 1.29 is 9.59 Å². The average molecular weight is 319 g/mol. The summed E-state index contributed by atoms with van der Waals surface area (Å²) < 4.78 is 0. The first kappa shape index (κ1) is 18.2. The summed E-state index contributed by atoms with van der Waals surface area (Å²) in [5, 5.41) is 0. The van der Waals surface area contributed by atoms with Gasteiger partial charge in [0.05, 0.1) is 0 Å². The maximum absolute atomic E-state index is 12.3. The topological polar surface area (TPSA) is 37.4 Å². The molecule has 2 rings (SSSR count). The van der Waals surface area contributed by atoms with Crippen LogP contribution in [0.3, 0.4) is 0 Å². The fraction of sp³-hybridized carbons (Fsp3) is 0.800. The Balaban J connectivity index is 1.69. The molecule has 0 aromatic carbocycles. The Hall–Kier alpha value is -1.12. The molecule has 0 aromatic heterocycles. The van der Waals surface area contributed by atoms with Gasteiger partial charge in [0.2, 0.25) is 0 Å².